The van der Waals surface area contributed by atoms with Gasteiger partial charge in [0.1, 0.15) is 6.33 Å². The molecule has 32 heavy (non-hydrogen) atoms. The summed E-state index contributed by atoms with van der Waals surface area (Å²) < 4.78 is 1.86. The molecule has 9 heteroatoms. The summed E-state index contributed by atoms with van der Waals surface area (Å²) in [7, 11) is 0. The zero-order valence-electron chi connectivity index (χ0n) is 18.0. The van der Waals surface area contributed by atoms with Gasteiger partial charge in [0.05, 0.1) is 5.75 Å². The molecule has 0 spiro atoms. The minimum atomic E-state index is -0.113. The van der Waals surface area contributed by atoms with Crippen LogP contribution in [0.1, 0.15) is 38.2 Å². The molecule has 0 aliphatic heterocycles. The highest BCUT2D eigenvalue weighted by Crippen LogP contribution is 2.21. The predicted octanol–water partition coefficient (Wildman–Crippen LogP) is 4.67. The molecule has 0 aliphatic carbocycles. The van der Waals surface area contributed by atoms with Crippen molar-refractivity contribution in [3.8, 4) is 5.69 Å². The van der Waals surface area contributed by atoms with Crippen LogP contribution >= 0.6 is 23.4 Å². The summed E-state index contributed by atoms with van der Waals surface area (Å²) in [5.41, 5.74) is 2.91. The Labute approximate surface area is 197 Å². The molecule has 0 fully saturated rings. The maximum atomic E-state index is 12.2. The van der Waals surface area contributed by atoms with Crippen LogP contribution < -0.4 is 10.6 Å². The lowest BCUT2D eigenvalue weighted by Gasteiger charge is -2.09. The molecule has 0 bridgehead atoms. The zero-order valence-corrected chi connectivity index (χ0v) is 19.6. The Hall–Kier alpha value is -2.84. The van der Waals surface area contributed by atoms with Crippen molar-refractivity contribution in [2.75, 3.05) is 17.6 Å². The summed E-state index contributed by atoms with van der Waals surface area (Å²) in [5, 5.41) is 15.0. The number of hydrogen-bond acceptors (Lipinski definition) is 5. The molecule has 0 atom stereocenters. The van der Waals surface area contributed by atoms with E-state index in [1.54, 1.807) is 30.6 Å². The maximum Gasteiger partial charge on any atom is 0.230 e. The Kier molecular flexibility index (Phi) is 8.70. The number of amides is 2. The number of rotatable bonds is 10. The molecule has 2 amide bonds. The van der Waals surface area contributed by atoms with Gasteiger partial charge in [-0.2, -0.15) is 0 Å². The SMILES string of the molecule is CC(C)c1ccc(-n2cnnc2SCC(=O)NCCCC(=O)Nc2ccc(Cl)cc2)cc1. The van der Waals surface area contributed by atoms with Crippen LogP contribution in [-0.4, -0.2) is 38.9 Å². The maximum absolute atomic E-state index is 12.2. The van der Waals surface area contributed by atoms with E-state index in [9.17, 15) is 9.59 Å². The molecule has 168 valence electrons. The number of aromatic nitrogens is 3. The average molecular weight is 472 g/mol. The van der Waals surface area contributed by atoms with Crippen molar-refractivity contribution in [3.63, 3.8) is 0 Å². The van der Waals surface area contributed by atoms with Crippen molar-refractivity contribution in [1.29, 1.82) is 0 Å². The van der Waals surface area contributed by atoms with Gasteiger partial charge in [-0.15, -0.1) is 10.2 Å². The molecule has 0 unspecified atom stereocenters. The van der Waals surface area contributed by atoms with Crippen LogP contribution in [-0.2, 0) is 9.59 Å². The van der Waals surface area contributed by atoms with Crippen molar-refractivity contribution in [2.24, 2.45) is 0 Å². The molecule has 2 N–H and O–H groups in total. The Morgan fingerprint density at radius 2 is 1.78 bits per heavy atom. The van der Waals surface area contributed by atoms with Gasteiger partial charge in [-0.3, -0.25) is 14.2 Å². The van der Waals surface area contributed by atoms with E-state index in [1.807, 2.05) is 16.7 Å². The van der Waals surface area contributed by atoms with Crippen LogP contribution in [0.5, 0.6) is 0 Å². The van der Waals surface area contributed by atoms with E-state index >= 15 is 0 Å². The van der Waals surface area contributed by atoms with Crippen LogP contribution in [0.4, 0.5) is 5.69 Å². The van der Waals surface area contributed by atoms with E-state index in [0.717, 1.165) is 5.69 Å². The highest BCUT2D eigenvalue weighted by Gasteiger charge is 2.11. The Morgan fingerprint density at radius 1 is 1.06 bits per heavy atom. The van der Waals surface area contributed by atoms with E-state index < -0.39 is 0 Å². The first-order valence-electron chi connectivity index (χ1n) is 10.4. The lowest BCUT2D eigenvalue weighted by Crippen LogP contribution is -2.27. The third kappa shape index (κ3) is 7.10. The molecule has 1 heterocycles. The van der Waals surface area contributed by atoms with Gasteiger partial charge >= 0.3 is 0 Å². The van der Waals surface area contributed by atoms with Crippen LogP contribution in [0, 0.1) is 0 Å². The Morgan fingerprint density at radius 3 is 2.47 bits per heavy atom. The summed E-state index contributed by atoms with van der Waals surface area (Å²) in [6.07, 6.45) is 2.51. The number of benzene rings is 2. The number of nitrogens with zero attached hydrogens (tertiary/aromatic N) is 3. The van der Waals surface area contributed by atoms with Crippen LogP contribution in [0.3, 0.4) is 0 Å². The van der Waals surface area contributed by atoms with E-state index in [2.05, 4.69) is 46.8 Å². The van der Waals surface area contributed by atoms with Crippen molar-refractivity contribution in [2.45, 2.75) is 37.8 Å². The zero-order chi connectivity index (χ0) is 22.9. The first kappa shape index (κ1) is 23.8. The van der Waals surface area contributed by atoms with Crippen molar-refractivity contribution < 1.29 is 9.59 Å². The molecule has 2 aromatic carbocycles. The second-order valence-electron chi connectivity index (χ2n) is 7.53. The van der Waals surface area contributed by atoms with Gasteiger partial charge in [-0.1, -0.05) is 49.3 Å². The van der Waals surface area contributed by atoms with Crippen LogP contribution in [0.25, 0.3) is 5.69 Å². The second-order valence-corrected chi connectivity index (χ2v) is 8.91. The molecule has 3 rings (SSSR count). The smallest absolute Gasteiger partial charge is 0.230 e. The van der Waals surface area contributed by atoms with Gasteiger partial charge in [-0.05, 0) is 54.3 Å². The fraction of sp³-hybridized carbons (Fsp3) is 0.304. The van der Waals surface area contributed by atoms with Crippen LogP contribution in [0.2, 0.25) is 5.02 Å². The van der Waals surface area contributed by atoms with Gasteiger partial charge in [0.15, 0.2) is 5.16 Å². The third-order valence-corrected chi connectivity index (χ3v) is 5.91. The number of hydrogen-bond donors (Lipinski definition) is 2. The number of anilines is 1. The highest BCUT2D eigenvalue weighted by atomic mass is 35.5. The molecule has 0 aliphatic rings. The van der Waals surface area contributed by atoms with Gasteiger partial charge in [0.25, 0.3) is 0 Å². The van der Waals surface area contributed by atoms with Gasteiger partial charge < -0.3 is 10.6 Å². The molecular formula is C23H26ClN5O2S. The summed E-state index contributed by atoms with van der Waals surface area (Å²) in [4.78, 5) is 24.1. The number of carbonyl (C=O) groups excluding carboxylic acids is 2. The first-order valence-corrected chi connectivity index (χ1v) is 11.7. The second kappa shape index (κ2) is 11.7. The number of nitrogens with one attached hydrogen (secondary N) is 2. The lowest BCUT2D eigenvalue weighted by molar-refractivity contribution is -0.119. The monoisotopic (exact) mass is 471 g/mol. The normalized spacial score (nSPS) is 10.9. The number of carbonyl (C=O) groups is 2. The summed E-state index contributed by atoms with van der Waals surface area (Å²) in [6.45, 7) is 4.73. The fourth-order valence-electron chi connectivity index (χ4n) is 2.93. The minimum Gasteiger partial charge on any atom is -0.355 e. The van der Waals surface area contributed by atoms with E-state index in [0.29, 0.717) is 41.2 Å². The molecule has 0 saturated carbocycles. The van der Waals surface area contributed by atoms with E-state index in [-0.39, 0.29) is 17.6 Å². The first-order chi connectivity index (χ1) is 15.4. The summed E-state index contributed by atoms with van der Waals surface area (Å²) in [6, 6.07) is 15.2. The summed E-state index contributed by atoms with van der Waals surface area (Å²) in [5.74, 6) is 0.469. The van der Waals surface area contributed by atoms with Gasteiger partial charge in [-0.25, -0.2) is 0 Å². The minimum absolute atomic E-state index is 0.104. The van der Waals surface area contributed by atoms with E-state index in [4.69, 9.17) is 11.6 Å². The topological polar surface area (TPSA) is 88.9 Å². The average Bonchev–Trinajstić information content (AvgIpc) is 3.25. The predicted molar refractivity (Wildman–Crippen MR) is 128 cm³/mol. The fourth-order valence-corrected chi connectivity index (χ4v) is 3.82. The third-order valence-electron chi connectivity index (χ3n) is 4.72. The molecule has 0 radical (unpaired) electrons. The number of thioether (sulfide) groups is 1. The molecule has 7 nitrogen and oxygen atoms in total. The largest absolute Gasteiger partial charge is 0.355 e. The quantitative estimate of drug-likeness (QED) is 0.331. The molecule has 3 aromatic rings. The van der Waals surface area contributed by atoms with Crippen molar-refractivity contribution in [1.82, 2.24) is 20.1 Å². The van der Waals surface area contributed by atoms with Gasteiger partial charge in [0, 0.05) is 29.4 Å². The van der Waals surface area contributed by atoms with E-state index in [1.165, 1.54) is 17.3 Å². The highest BCUT2D eigenvalue weighted by molar-refractivity contribution is 7.99. The Balaban J connectivity index is 1.39. The van der Waals surface area contributed by atoms with Gasteiger partial charge in [0.2, 0.25) is 11.8 Å². The molecule has 1 aromatic heterocycles. The van der Waals surface area contributed by atoms with Crippen molar-refractivity contribution >= 4 is 40.9 Å². The number of halogens is 1. The standard InChI is InChI=1S/C23H26ClN5O2S/c1-16(2)17-5-11-20(12-6-17)29-15-26-28-23(29)32-14-22(31)25-13-3-4-21(30)27-19-9-7-18(24)8-10-19/h5-12,15-16H,3-4,13-14H2,1-2H3,(H,25,31)(H,27,30). The van der Waals surface area contributed by atoms with Crippen molar-refractivity contribution in [3.05, 3.63) is 65.4 Å². The summed E-state index contributed by atoms with van der Waals surface area (Å²) >= 11 is 7.15. The molecule has 0 saturated heterocycles. The lowest BCUT2D eigenvalue weighted by atomic mass is 10.0. The van der Waals surface area contributed by atoms with Crippen LogP contribution in [0.15, 0.2) is 60.0 Å². The molecular weight excluding hydrogens is 446 g/mol. The Bertz CT molecular complexity index is 1040.